The lowest BCUT2D eigenvalue weighted by Gasteiger charge is -2.30. The first kappa shape index (κ1) is 71.7. The molecule has 1 heterocycles. The average Bonchev–Trinajstić information content (AvgIpc) is 3.90. The molecule has 1 fully saturated rings. The summed E-state index contributed by atoms with van der Waals surface area (Å²) in [7, 11) is 0. The summed E-state index contributed by atoms with van der Waals surface area (Å²) in [5, 5.41) is 35.3. The van der Waals surface area contributed by atoms with Gasteiger partial charge in [-0.25, -0.2) is 4.79 Å². The van der Waals surface area contributed by atoms with Crippen molar-refractivity contribution < 1.29 is 72.2 Å². The molecule has 29 nitrogen and oxygen atoms in total. The number of aliphatic carboxylic acids is 1. The lowest BCUT2D eigenvalue weighted by atomic mass is 10.0. The summed E-state index contributed by atoms with van der Waals surface area (Å²) < 4.78 is 0. The molecule has 79 heavy (non-hydrogen) atoms. The number of hydrogen-bond donors (Lipinski definition) is 20. The number of hydrogen-bond acceptors (Lipinski definition) is 21. The summed E-state index contributed by atoms with van der Waals surface area (Å²) >= 11 is 24.3. The van der Waals surface area contributed by atoms with Crippen LogP contribution in [0.4, 0.5) is 0 Å². The Balaban J connectivity index is 3.03. The standard InChI is InChI=1S/C44H74N14O15S6/c1-18(2)9-23(52-34(62)20(4)49-39(67)26(14-76)55-36(64)22(45)12-74)37(65)56-28(16-78)41(69)57-27(15-77)40(68)53-24(10-31(46)59)43(71)58-8-6-7-30(58)42(70)50-21(5)35(63)54-25(13-75)38(66)48-19(3)33(61)47-11-32(60)51-29(17-79)44(72)73/h18-30,74-79H,6-17,45H2,1-5H3,(H2,46,59)(H,47,61)(H,48,66)(H,49,67)(H,50,70)(H,51,60)(H,52,62)(H,53,68)(H,54,63)(H,55,64)(H,56,65)(H,57,69)(H,72,73)/t19-,20-,21-,22-,23-,24-,25-,26-,27-,28-,29-,30-/m0/s1. The van der Waals surface area contributed by atoms with Crippen LogP contribution in [0.1, 0.15) is 60.3 Å². The van der Waals surface area contributed by atoms with Crippen molar-refractivity contribution in [2.45, 2.75) is 133 Å². The van der Waals surface area contributed by atoms with E-state index in [1.807, 2.05) is 0 Å². The maximum atomic E-state index is 14.0. The predicted molar refractivity (Wildman–Crippen MR) is 306 cm³/mol. The minimum atomic E-state index is -1.68. The molecule has 0 bridgehead atoms. The van der Waals surface area contributed by atoms with E-state index in [0.717, 1.165) is 4.90 Å². The second-order valence-electron chi connectivity index (χ2n) is 18.4. The molecule has 1 saturated heterocycles. The number of likely N-dealkylation sites (tertiary alicyclic amines) is 1. The van der Waals surface area contributed by atoms with Gasteiger partial charge in [-0.1, -0.05) is 13.8 Å². The number of thiol groups is 6. The maximum Gasteiger partial charge on any atom is 0.327 e. The van der Waals surface area contributed by atoms with E-state index in [4.69, 9.17) is 16.6 Å². The molecule has 446 valence electrons. The van der Waals surface area contributed by atoms with Crippen LogP contribution >= 0.6 is 75.8 Å². The summed E-state index contributed by atoms with van der Waals surface area (Å²) in [6.45, 7) is 6.74. The Morgan fingerprint density at radius 1 is 0.494 bits per heavy atom. The van der Waals surface area contributed by atoms with Gasteiger partial charge in [0.15, 0.2) is 0 Å². The molecular formula is C44H74N14O15S6. The van der Waals surface area contributed by atoms with Gasteiger partial charge in [0.25, 0.3) is 0 Å². The van der Waals surface area contributed by atoms with E-state index in [0.29, 0.717) is 0 Å². The molecule has 0 aromatic rings. The van der Waals surface area contributed by atoms with Gasteiger partial charge in [0.1, 0.15) is 66.5 Å². The minimum Gasteiger partial charge on any atom is -0.480 e. The van der Waals surface area contributed by atoms with Crippen LogP contribution in [0.25, 0.3) is 0 Å². The monoisotopic (exact) mass is 1230 g/mol. The van der Waals surface area contributed by atoms with Gasteiger partial charge in [0, 0.05) is 41.1 Å². The molecule has 1 rings (SSSR count). The summed E-state index contributed by atoms with van der Waals surface area (Å²) in [6.07, 6.45) is -0.345. The normalized spacial score (nSPS) is 17.1. The van der Waals surface area contributed by atoms with Crippen molar-refractivity contribution in [2.24, 2.45) is 17.4 Å². The SMILES string of the molecule is CC(C)C[C@H](NC(=O)[C@H](C)NC(=O)[C@H](CS)NC(=O)[C@@H](N)CS)C(=O)N[C@@H](CS)C(=O)N[C@@H](CS)C(=O)N[C@@H](CC(N)=O)C(=O)N1CCC[C@H]1C(=O)N[C@@H](C)C(=O)N[C@@H](CS)C(=O)N[C@@H](C)C(=O)NCC(=O)N[C@@H](CS)C(=O)O. The number of rotatable bonds is 34. The first-order valence-electron chi connectivity index (χ1n) is 24.5. The van der Waals surface area contributed by atoms with Gasteiger partial charge in [-0.2, -0.15) is 75.8 Å². The Morgan fingerprint density at radius 3 is 1.32 bits per heavy atom. The van der Waals surface area contributed by atoms with Crippen molar-refractivity contribution in [1.29, 1.82) is 0 Å². The van der Waals surface area contributed by atoms with Crippen LogP contribution in [-0.2, 0) is 67.1 Å². The van der Waals surface area contributed by atoms with Crippen LogP contribution in [0, 0.1) is 5.92 Å². The molecule has 13 amide bonds. The molecule has 0 aromatic carbocycles. The number of carbonyl (C=O) groups excluding carboxylic acids is 13. The Labute approximate surface area is 489 Å². The highest BCUT2D eigenvalue weighted by atomic mass is 32.1. The van der Waals surface area contributed by atoms with Crippen molar-refractivity contribution >= 4 is 159 Å². The third-order valence-corrected chi connectivity index (χ3v) is 13.7. The number of amides is 13. The topological polar surface area (TPSA) is 447 Å². The minimum absolute atomic E-state index is 0.00112. The third kappa shape index (κ3) is 24.5. The highest BCUT2D eigenvalue weighted by molar-refractivity contribution is 7.81. The number of nitrogens with two attached hydrogens (primary N) is 2. The van der Waals surface area contributed by atoms with Gasteiger partial charge in [0.05, 0.1) is 19.0 Å². The van der Waals surface area contributed by atoms with E-state index >= 15 is 0 Å². The highest BCUT2D eigenvalue weighted by Gasteiger charge is 2.40. The van der Waals surface area contributed by atoms with Crippen LogP contribution < -0.4 is 70.0 Å². The lowest BCUT2D eigenvalue weighted by molar-refractivity contribution is -0.143. The summed E-state index contributed by atoms with van der Waals surface area (Å²) in [4.78, 5) is 182. The first-order chi connectivity index (χ1) is 37.0. The molecule has 0 radical (unpaired) electrons. The number of carbonyl (C=O) groups is 14. The summed E-state index contributed by atoms with van der Waals surface area (Å²) in [5.74, 6) is -14.1. The Bertz CT molecular complexity index is 2220. The Morgan fingerprint density at radius 2 is 0.886 bits per heavy atom. The van der Waals surface area contributed by atoms with Crippen LogP contribution in [-0.4, -0.2) is 213 Å². The Kier molecular flexibility index (Phi) is 32.7. The summed E-state index contributed by atoms with van der Waals surface area (Å²) in [5.41, 5.74) is 11.1. The quantitative estimate of drug-likeness (QED) is 0.0266. The number of nitrogens with one attached hydrogen (secondary N) is 11. The van der Waals surface area contributed by atoms with Crippen molar-refractivity contribution in [3.8, 4) is 0 Å². The molecule has 0 aliphatic carbocycles. The first-order valence-corrected chi connectivity index (χ1v) is 28.3. The van der Waals surface area contributed by atoms with E-state index in [1.165, 1.54) is 20.8 Å². The number of carboxylic acid groups (broad SMARTS) is 1. The molecule has 1 aliphatic rings. The number of primary amides is 1. The van der Waals surface area contributed by atoms with Gasteiger partial charge in [-0.3, -0.25) is 62.3 Å². The molecule has 0 saturated carbocycles. The van der Waals surface area contributed by atoms with Crippen molar-refractivity contribution in [2.75, 3.05) is 47.6 Å². The van der Waals surface area contributed by atoms with Crippen LogP contribution in [0.5, 0.6) is 0 Å². The lowest BCUT2D eigenvalue weighted by Crippen LogP contribution is -2.61. The van der Waals surface area contributed by atoms with Gasteiger partial charge in [-0.15, -0.1) is 0 Å². The van der Waals surface area contributed by atoms with Crippen molar-refractivity contribution in [3.05, 3.63) is 0 Å². The molecule has 12 atom stereocenters. The number of nitrogens with zero attached hydrogens (tertiary/aromatic N) is 1. The zero-order valence-electron chi connectivity index (χ0n) is 43.9. The van der Waals surface area contributed by atoms with Crippen LogP contribution in [0.3, 0.4) is 0 Å². The van der Waals surface area contributed by atoms with Gasteiger partial charge in [0.2, 0.25) is 76.8 Å². The van der Waals surface area contributed by atoms with Gasteiger partial charge < -0.3 is 80.0 Å². The predicted octanol–water partition coefficient (Wildman–Crippen LogP) is -7.09. The highest BCUT2D eigenvalue weighted by Crippen LogP contribution is 2.20. The van der Waals surface area contributed by atoms with Crippen molar-refractivity contribution in [3.63, 3.8) is 0 Å². The fourth-order valence-electron chi connectivity index (χ4n) is 7.04. The third-order valence-electron chi connectivity index (χ3n) is 11.5. The zero-order valence-corrected chi connectivity index (χ0v) is 49.3. The molecule has 35 heteroatoms. The second kappa shape index (κ2) is 36.1. The van der Waals surface area contributed by atoms with Gasteiger partial charge >= 0.3 is 5.97 Å². The van der Waals surface area contributed by atoms with E-state index in [1.54, 1.807) is 13.8 Å². The molecule has 0 unspecified atom stereocenters. The van der Waals surface area contributed by atoms with E-state index in [-0.39, 0.29) is 66.2 Å². The van der Waals surface area contributed by atoms with Gasteiger partial charge in [-0.05, 0) is 46.0 Å². The fraction of sp³-hybridized carbons (Fsp3) is 0.682. The molecule has 16 N–H and O–H groups in total. The maximum absolute atomic E-state index is 14.0. The largest absolute Gasteiger partial charge is 0.480 e. The molecule has 0 spiro atoms. The second-order valence-corrected chi connectivity index (χ2v) is 20.6. The van der Waals surface area contributed by atoms with E-state index < -0.39 is 168 Å². The summed E-state index contributed by atoms with van der Waals surface area (Å²) in [6, 6.07) is -15.7. The van der Waals surface area contributed by atoms with Crippen LogP contribution in [0.15, 0.2) is 0 Å². The molecule has 0 aromatic heterocycles. The fourth-order valence-corrected chi connectivity index (χ4v) is 8.48. The van der Waals surface area contributed by atoms with Crippen LogP contribution in [0.2, 0.25) is 0 Å². The average molecular weight is 1230 g/mol. The van der Waals surface area contributed by atoms with E-state index in [2.05, 4.69) is 134 Å². The Hall–Kier alpha value is -5.36. The van der Waals surface area contributed by atoms with Crippen molar-refractivity contribution in [1.82, 2.24) is 63.4 Å². The number of carboxylic acids is 1. The molecular weight excluding hydrogens is 1160 g/mol. The zero-order chi connectivity index (χ0) is 60.4. The molecule has 1 aliphatic heterocycles. The smallest absolute Gasteiger partial charge is 0.327 e. The van der Waals surface area contributed by atoms with E-state index in [9.17, 15) is 67.1 Å².